The molecule has 15 heavy (non-hydrogen) atoms. The van der Waals surface area contributed by atoms with Crippen molar-refractivity contribution in [3.63, 3.8) is 0 Å². The zero-order valence-electron chi connectivity index (χ0n) is 8.86. The van der Waals surface area contributed by atoms with Crippen LogP contribution in [0.2, 0.25) is 0 Å². The molecule has 0 aliphatic carbocycles. The highest BCUT2D eigenvalue weighted by atomic mass is 32.1. The molecule has 0 bridgehead atoms. The van der Waals surface area contributed by atoms with Crippen LogP contribution >= 0.6 is 11.3 Å². The zero-order valence-corrected chi connectivity index (χ0v) is 9.67. The normalized spacial score (nSPS) is 12.9. The number of thiazole rings is 1. The molecular formula is C11H14N2OS. The minimum atomic E-state index is 0.135. The lowest BCUT2D eigenvalue weighted by Crippen LogP contribution is -2.20. The molecule has 3 nitrogen and oxygen atoms in total. The van der Waals surface area contributed by atoms with E-state index in [2.05, 4.69) is 17.2 Å². The lowest BCUT2D eigenvalue weighted by atomic mass is 10.2. The Morgan fingerprint density at radius 2 is 2.47 bits per heavy atom. The first-order valence-electron chi connectivity index (χ1n) is 5.00. The molecule has 2 aromatic heterocycles. The summed E-state index contributed by atoms with van der Waals surface area (Å²) < 4.78 is 5.43. The first kappa shape index (κ1) is 10.4. The SMILES string of the molecule is CCNC(c1ccco1)c1cnc(C)s1. The number of nitrogens with zero attached hydrogens (tertiary/aromatic N) is 1. The molecule has 0 radical (unpaired) electrons. The second-order valence-corrected chi connectivity index (χ2v) is 4.55. The molecular weight excluding hydrogens is 208 g/mol. The Balaban J connectivity index is 2.27. The van der Waals surface area contributed by atoms with Crippen LogP contribution in [0.25, 0.3) is 0 Å². The van der Waals surface area contributed by atoms with Crippen LogP contribution < -0.4 is 5.32 Å². The highest BCUT2D eigenvalue weighted by Crippen LogP contribution is 2.26. The summed E-state index contributed by atoms with van der Waals surface area (Å²) in [6, 6.07) is 4.03. The van der Waals surface area contributed by atoms with Crippen molar-refractivity contribution in [1.29, 1.82) is 0 Å². The first-order valence-corrected chi connectivity index (χ1v) is 5.82. The minimum Gasteiger partial charge on any atom is -0.467 e. The number of nitrogens with one attached hydrogen (secondary N) is 1. The van der Waals surface area contributed by atoms with E-state index in [1.807, 2.05) is 25.3 Å². The van der Waals surface area contributed by atoms with E-state index >= 15 is 0 Å². The molecule has 0 fully saturated rings. The van der Waals surface area contributed by atoms with Crippen molar-refractivity contribution in [2.75, 3.05) is 6.54 Å². The summed E-state index contributed by atoms with van der Waals surface area (Å²) in [5.41, 5.74) is 0. The molecule has 2 heterocycles. The highest BCUT2D eigenvalue weighted by Gasteiger charge is 2.17. The van der Waals surface area contributed by atoms with Crippen LogP contribution in [0.1, 0.15) is 28.6 Å². The number of rotatable bonds is 4. The lowest BCUT2D eigenvalue weighted by Gasteiger charge is -2.12. The molecule has 1 unspecified atom stereocenters. The van der Waals surface area contributed by atoms with Gasteiger partial charge in [0.25, 0.3) is 0 Å². The molecule has 2 aromatic rings. The second kappa shape index (κ2) is 4.59. The Morgan fingerprint density at radius 3 is 3.00 bits per heavy atom. The van der Waals surface area contributed by atoms with Crippen molar-refractivity contribution in [3.8, 4) is 0 Å². The molecule has 0 saturated heterocycles. The van der Waals surface area contributed by atoms with Gasteiger partial charge < -0.3 is 9.73 Å². The molecule has 0 spiro atoms. The molecule has 0 saturated carbocycles. The van der Waals surface area contributed by atoms with E-state index in [0.717, 1.165) is 17.3 Å². The third-order valence-electron chi connectivity index (χ3n) is 2.16. The number of furan rings is 1. The number of hydrogen-bond donors (Lipinski definition) is 1. The molecule has 0 amide bonds. The van der Waals surface area contributed by atoms with Gasteiger partial charge in [0.2, 0.25) is 0 Å². The van der Waals surface area contributed by atoms with Crippen molar-refractivity contribution >= 4 is 11.3 Å². The van der Waals surface area contributed by atoms with Crippen molar-refractivity contribution < 1.29 is 4.42 Å². The van der Waals surface area contributed by atoms with Crippen molar-refractivity contribution in [3.05, 3.63) is 40.2 Å². The third-order valence-corrected chi connectivity index (χ3v) is 3.14. The average Bonchev–Trinajstić information content (AvgIpc) is 2.85. The summed E-state index contributed by atoms with van der Waals surface area (Å²) >= 11 is 1.70. The summed E-state index contributed by atoms with van der Waals surface area (Å²) in [7, 11) is 0. The van der Waals surface area contributed by atoms with Crippen molar-refractivity contribution in [2.24, 2.45) is 0 Å². The van der Waals surface area contributed by atoms with Gasteiger partial charge >= 0.3 is 0 Å². The molecule has 0 aromatic carbocycles. The molecule has 0 aliphatic rings. The van der Waals surface area contributed by atoms with E-state index in [-0.39, 0.29) is 6.04 Å². The van der Waals surface area contributed by atoms with Gasteiger partial charge in [-0.15, -0.1) is 11.3 Å². The Kier molecular flexibility index (Phi) is 3.18. The summed E-state index contributed by atoms with van der Waals surface area (Å²) in [6.45, 7) is 5.01. The molecule has 1 atom stereocenters. The summed E-state index contributed by atoms with van der Waals surface area (Å²) in [5.74, 6) is 0.945. The van der Waals surface area contributed by atoms with Crippen molar-refractivity contribution in [2.45, 2.75) is 19.9 Å². The Bertz CT molecular complexity index is 408. The maximum Gasteiger partial charge on any atom is 0.126 e. The van der Waals surface area contributed by atoms with Crippen LogP contribution in [0, 0.1) is 6.92 Å². The van der Waals surface area contributed by atoms with E-state index in [9.17, 15) is 0 Å². The monoisotopic (exact) mass is 222 g/mol. The predicted molar refractivity (Wildman–Crippen MR) is 61.1 cm³/mol. The summed E-state index contributed by atoms with van der Waals surface area (Å²) in [6.07, 6.45) is 3.61. The van der Waals surface area contributed by atoms with E-state index in [0.29, 0.717) is 0 Å². The standard InChI is InChI=1S/C11H14N2OS/c1-3-12-11(9-5-4-6-14-9)10-7-13-8(2)15-10/h4-7,11-12H,3H2,1-2H3. The zero-order chi connectivity index (χ0) is 10.7. The smallest absolute Gasteiger partial charge is 0.126 e. The maximum atomic E-state index is 5.43. The predicted octanol–water partition coefficient (Wildman–Crippen LogP) is 2.74. The van der Waals surface area contributed by atoms with Crippen LogP contribution in [0.5, 0.6) is 0 Å². The maximum absolute atomic E-state index is 5.43. The minimum absolute atomic E-state index is 0.135. The fraction of sp³-hybridized carbons (Fsp3) is 0.364. The van der Waals surface area contributed by atoms with Gasteiger partial charge in [0.1, 0.15) is 11.8 Å². The van der Waals surface area contributed by atoms with Crippen molar-refractivity contribution in [1.82, 2.24) is 10.3 Å². The van der Waals surface area contributed by atoms with Gasteiger partial charge in [-0.1, -0.05) is 6.92 Å². The van der Waals surface area contributed by atoms with E-state index < -0.39 is 0 Å². The Morgan fingerprint density at radius 1 is 1.60 bits per heavy atom. The quantitative estimate of drug-likeness (QED) is 0.864. The van der Waals surface area contributed by atoms with Crippen LogP contribution in [-0.4, -0.2) is 11.5 Å². The Labute approximate surface area is 93.2 Å². The summed E-state index contributed by atoms with van der Waals surface area (Å²) in [5, 5.41) is 4.47. The van der Waals surface area contributed by atoms with Crippen LogP contribution in [0.4, 0.5) is 0 Å². The number of aromatic nitrogens is 1. The van der Waals surface area contributed by atoms with E-state index in [1.54, 1.807) is 17.6 Å². The molecule has 80 valence electrons. The summed E-state index contributed by atoms with van der Waals surface area (Å²) in [4.78, 5) is 5.46. The largest absolute Gasteiger partial charge is 0.467 e. The second-order valence-electron chi connectivity index (χ2n) is 3.29. The molecule has 0 aliphatic heterocycles. The van der Waals surface area contributed by atoms with Gasteiger partial charge in [-0.25, -0.2) is 4.98 Å². The average molecular weight is 222 g/mol. The van der Waals surface area contributed by atoms with E-state index in [4.69, 9.17) is 4.42 Å². The fourth-order valence-electron chi connectivity index (χ4n) is 1.51. The van der Waals surface area contributed by atoms with E-state index in [1.165, 1.54) is 4.88 Å². The number of hydrogen-bond acceptors (Lipinski definition) is 4. The van der Waals surface area contributed by atoms with Gasteiger partial charge in [0.15, 0.2) is 0 Å². The van der Waals surface area contributed by atoms with Crippen LogP contribution in [-0.2, 0) is 0 Å². The van der Waals surface area contributed by atoms with Gasteiger partial charge in [0.05, 0.1) is 11.3 Å². The first-order chi connectivity index (χ1) is 7.31. The number of aryl methyl sites for hydroxylation is 1. The fourth-order valence-corrected chi connectivity index (χ4v) is 2.38. The van der Waals surface area contributed by atoms with Gasteiger partial charge in [-0.2, -0.15) is 0 Å². The van der Waals surface area contributed by atoms with Gasteiger partial charge in [0, 0.05) is 11.1 Å². The lowest BCUT2D eigenvalue weighted by molar-refractivity contribution is 0.455. The van der Waals surface area contributed by atoms with Gasteiger partial charge in [-0.3, -0.25) is 0 Å². The molecule has 1 N–H and O–H groups in total. The topological polar surface area (TPSA) is 38.1 Å². The third kappa shape index (κ3) is 2.27. The van der Waals surface area contributed by atoms with Gasteiger partial charge in [-0.05, 0) is 25.6 Å². The molecule has 2 rings (SSSR count). The van der Waals surface area contributed by atoms with Crippen LogP contribution in [0.3, 0.4) is 0 Å². The highest BCUT2D eigenvalue weighted by molar-refractivity contribution is 7.11. The Hall–Kier alpha value is -1.13. The van der Waals surface area contributed by atoms with Crippen LogP contribution in [0.15, 0.2) is 29.0 Å². The molecule has 4 heteroatoms.